The van der Waals surface area contributed by atoms with Crippen LogP contribution in [0, 0.1) is 0 Å². The summed E-state index contributed by atoms with van der Waals surface area (Å²) < 4.78 is 16.3. The van der Waals surface area contributed by atoms with Crippen molar-refractivity contribution >= 4 is 28.9 Å². The van der Waals surface area contributed by atoms with E-state index in [0.717, 1.165) is 5.56 Å². The molecule has 0 bridgehead atoms. The number of ether oxygens (including phenoxy) is 2. The van der Waals surface area contributed by atoms with Crippen molar-refractivity contribution in [3.63, 3.8) is 0 Å². The number of para-hydroxylation sites is 1. The van der Waals surface area contributed by atoms with Gasteiger partial charge in [0.2, 0.25) is 0 Å². The van der Waals surface area contributed by atoms with E-state index < -0.39 is 24.0 Å². The lowest BCUT2D eigenvalue weighted by atomic mass is 10.0. The standard InChI is InChI=1S/C28H23N3O6/c1-2-35-27(33)24-22(30-28(34)31-25(24)23-13-8-14-36-23)16-37-26(32)19-15-21(17-9-4-3-5-10-17)29-20-12-7-6-11-18(19)20/h3-15,25H,2,16H2,1H3,(H2,30,31,34). The predicted octanol–water partition coefficient (Wildman–Crippen LogP) is 4.52. The van der Waals surface area contributed by atoms with Gasteiger partial charge in [0.25, 0.3) is 0 Å². The number of nitrogens with one attached hydrogen (secondary N) is 2. The van der Waals surface area contributed by atoms with Gasteiger partial charge in [0, 0.05) is 10.9 Å². The van der Waals surface area contributed by atoms with Gasteiger partial charge in [0.1, 0.15) is 18.4 Å². The summed E-state index contributed by atoms with van der Waals surface area (Å²) in [5.74, 6) is -0.952. The molecule has 9 nitrogen and oxygen atoms in total. The molecule has 2 N–H and O–H groups in total. The molecule has 2 amide bonds. The van der Waals surface area contributed by atoms with Gasteiger partial charge in [0.15, 0.2) is 0 Å². The number of aromatic nitrogens is 1. The molecule has 0 fully saturated rings. The van der Waals surface area contributed by atoms with E-state index in [1.165, 1.54) is 6.26 Å². The fraction of sp³-hybridized carbons (Fsp3) is 0.143. The van der Waals surface area contributed by atoms with E-state index >= 15 is 0 Å². The summed E-state index contributed by atoms with van der Waals surface area (Å²) >= 11 is 0. The van der Waals surface area contributed by atoms with E-state index in [9.17, 15) is 14.4 Å². The smallest absolute Gasteiger partial charge is 0.339 e. The highest BCUT2D eigenvalue weighted by atomic mass is 16.5. The second-order valence-electron chi connectivity index (χ2n) is 8.17. The number of nitrogens with zero attached hydrogens (tertiary/aromatic N) is 1. The number of pyridine rings is 1. The molecule has 186 valence electrons. The number of esters is 2. The summed E-state index contributed by atoms with van der Waals surface area (Å²) in [6, 6.07) is 20.2. The first-order valence-electron chi connectivity index (χ1n) is 11.7. The van der Waals surface area contributed by atoms with Gasteiger partial charge >= 0.3 is 18.0 Å². The minimum absolute atomic E-state index is 0.0914. The highest BCUT2D eigenvalue weighted by Crippen LogP contribution is 2.29. The second kappa shape index (κ2) is 10.4. The maximum absolute atomic E-state index is 13.3. The van der Waals surface area contributed by atoms with E-state index in [1.807, 2.05) is 48.5 Å². The topological polar surface area (TPSA) is 120 Å². The van der Waals surface area contributed by atoms with Crippen molar-refractivity contribution in [1.82, 2.24) is 15.6 Å². The lowest BCUT2D eigenvalue weighted by Crippen LogP contribution is -2.47. The number of fused-ring (bicyclic) bond motifs is 1. The Morgan fingerprint density at radius 2 is 1.76 bits per heavy atom. The van der Waals surface area contributed by atoms with Crippen LogP contribution in [0.15, 0.2) is 94.7 Å². The molecule has 0 saturated heterocycles. The van der Waals surface area contributed by atoms with Crippen LogP contribution in [-0.2, 0) is 14.3 Å². The third-order valence-corrected chi connectivity index (χ3v) is 5.83. The van der Waals surface area contributed by atoms with Crippen LogP contribution in [0.25, 0.3) is 22.2 Å². The molecule has 0 aliphatic carbocycles. The zero-order chi connectivity index (χ0) is 25.8. The molecule has 0 radical (unpaired) electrons. The summed E-state index contributed by atoms with van der Waals surface area (Å²) in [7, 11) is 0. The average Bonchev–Trinajstić information content (AvgIpc) is 3.46. The van der Waals surface area contributed by atoms with E-state index in [0.29, 0.717) is 27.9 Å². The molecular formula is C28H23N3O6. The minimum Gasteiger partial charge on any atom is -0.467 e. The molecule has 9 heteroatoms. The number of hydrogen-bond donors (Lipinski definition) is 2. The molecule has 4 aromatic rings. The van der Waals surface area contributed by atoms with Crippen LogP contribution >= 0.6 is 0 Å². The molecule has 0 spiro atoms. The molecule has 5 rings (SSSR count). The zero-order valence-corrected chi connectivity index (χ0v) is 19.9. The third kappa shape index (κ3) is 4.92. The molecule has 1 aliphatic rings. The Hall–Kier alpha value is -4.92. The Balaban J connectivity index is 1.49. The van der Waals surface area contributed by atoms with E-state index in [2.05, 4.69) is 15.6 Å². The van der Waals surface area contributed by atoms with Crippen LogP contribution in [0.5, 0.6) is 0 Å². The molecule has 1 aliphatic heterocycles. The number of benzene rings is 2. The van der Waals surface area contributed by atoms with Gasteiger partial charge < -0.3 is 24.5 Å². The second-order valence-corrected chi connectivity index (χ2v) is 8.17. The van der Waals surface area contributed by atoms with Gasteiger partial charge in [-0.3, -0.25) is 0 Å². The molecule has 2 aromatic heterocycles. The van der Waals surface area contributed by atoms with Crippen LogP contribution in [-0.4, -0.2) is 36.2 Å². The number of furan rings is 1. The molecule has 3 heterocycles. The van der Waals surface area contributed by atoms with Gasteiger partial charge in [-0.1, -0.05) is 48.5 Å². The van der Waals surface area contributed by atoms with Crippen molar-refractivity contribution in [3.8, 4) is 11.3 Å². The SMILES string of the molecule is CCOC(=O)C1=C(COC(=O)c2cc(-c3ccccc3)nc3ccccc23)NC(=O)NC1c1ccco1. The van der Waals surface area contributed by atoms with Gasteiger partial charge in [0.05, 0.1) is 40.9 Å². The fourth-order valence-corrected chi connectivity index (χ4v) is 4.17. The molecule has 37 heavy (non-hydrogen) atoms. The zero-order valence-electron chi connectivity index (χ0n) is 19.9. The van der Waals surface area contributed by atoms with Crippen molar-refractivity contribution in [3.05, 3.63) is 102 Å². The van der Waals surface area contributed by atoms with Gasteiger partial charge in [-0.05, 0) is 31.2 Å². The molecule has 1 unspecified atom stereocenters. The summed E-state index contributed by atoms with van der Waals surface area (Å²) in [5, 5.41) is 5.85. The van der Waals surface area contributed by atoms with E-state index in [1.54, 1.807) is 31.2 Å². The highest BCUT2D eigenvalue weighted by Gasteiger charge is 2.35. The molecular weight excluding hydrogens is 474 g/mol. The summed E-state index contributed by atoms with van der Waals surface area (Å²) in [4.78, 5) is 43.3. The monoisotopic (exact) mass is 497 g/mol. The first-order chi connectivity index (χ1) is 18.0. The van der Waals surface area contributed by atoms with Crippen LogP contribution in [0.3, 0.4) is 0 Å². The number of carbonyl (C=O) groups excluding carboxylic acids is 3. The quantitative estimate of drug-likeness (QED) is 0.360. The van der Waals surface area contributed by atoms with E-state index in [-0.39, 0.29) is 24.5 Å². The van der Waals surface area contributed by atoms with Crippen molar-refractivity contribution < 1.29 is 28.3 Å². The lowest BCUT2D eigenvalue weighted by Gasteiger charge is -2.27. The largest absolute Gasteiger partial charge is 0.467 e. The Kier molecular flexibility index (Phi) is 6.67. The minimum atomic E-state index is -0.900. The highest BCUT2D eigenvalue weighted by molar-refractivity contribution is 6.04. The Labute approximate surface area is 212 Å². The lowest BCUT2D eigenvalue weighted by molar-refractivity contribution is -0.139. The third-order valence-electron chi connectivity index (χ3n) is 5.83. The Morgan fingerprint density at radius 1 is 0.973 bits per heavy atom. The Bertz CT molecular complexity index is 1500. The van der Waals surface area contributed by atoms with Crippen molar-refractivity contribution in [1.29, 1.82) is 0 Å². The number of hydrogen-bond acceptors (Lipinski definition) is 7. The number of amides is 2. The van der Waals surface area contributed by atoms with E-state index in [4.69, 9.17) is 13.9 Å². The van der Waals surface area contributed by atoms with Crippen LogP contribution in [0.2, 0.25) is 0 Å². The number of urea groups is 1. The van der Waals surface area contributed by atoms with Crippen molar-refractivity contribution in [2.45, 2.75) is 13.0 Å². The fourth-order valence-electron chi connectivity index (χ4n) is 4.17. The summed E-state index contributed by atoms with van der Waals surface area (Å²) in [6.07, 6.45) is 1.44. The first-order valence-corrected chi connectivity index (χ1v) is 11.7. The number of rotatable bonds is 7. The molecule has 1 atom stereocenters. The summed E-state index contributed by atoms with van der Waals surface area (Å²) in [5.41, 5.74) is 2.61. The first kappa shape index (κ1) is 23.8. The van der Waals surface area contributed by atoms with Gasteiger partial charge in [-0.2, -0.15) is 0 Å². The van der Waals surface area contributed by atoms with Gasteiger partial charge in [-0.25, -0.2) is 19.4 Å². The normalized spacial score (nSPS) is 15.2. The van der Waals surface area contributed by atoms with Crippen LogP contribution in [0.4, 0.5) is 4.79 Å². The maximum atomic E-state index is 13.3. The molecule has 0 saturated carbocycles. The van der Waals surface area contributed by atoms with Crippen LogP contribution < -0.4 is 10.6 Å². The van der Waals surface area contributed by atoms with Crippen molar-refractivity contribution in [2.75, 3.05) is 13.2 Å². The maximum Gasteiger partial charge on any atom is 0.339 e. The predicted molar refractivity (Wildman–Crippen MR) is 134 cm³/mol. The van der Waals surface area contributed by atoms with Crippen LogP contribution in [0.1, 0.15) is 29.1 Å². The van der Waals surface area contributed by atoms with Crippen molar-refractivity contribution in [2.24, 2.45) is 0 Å². The molecule has 2 aromatic carbocycles. The summed E-state index contributed by atoms with van der Waals surface area (Å²) in [6.45, 7) is 1.43. The average molecular weight is 498 g/mol. The number of carbonyl (C=O) groups is 3. The van der Waals surface area contributed by atoms with Gasteiger partial charge in [-0.15, -0.1) is 0 Å². The Morgan fingerprint density at radius 3 is 2.51 bits per heavy atom.